The summed E-state index contributed by atoms with van der Waals surface area (Å²) in [6.45, 7) is 11.0. The Balaban J connectivity index is 1.88. The van der Waals surface area contributed by atoms with Crippen LogP contribution in [-0.4, -0.2) is 50.3 Å². The first-order valence-electron chi connectivity index (χ1n) is 7.54. The van der Waals surface area contributed by atoms with E-state index in [1.165, 1.54) is 25.8 Å². The van der Waals surface area contributed by atoms with Crippen LogP contribution in [-0.2, 0) is 4.74 Å². The Kier molecular flexibility index (Phi) is 4.68. The van der Waals surface area contributed by atoms with Crippen LogP contribution in [0.2, 0.25) is 0 Å². The maximum absolute atomic E-state index is 5.68. The van der Waals surface area contributed by atoms with Crippen molar-refractivity contribution in [1.29, 1.82) is 0 Å². The summed E-state index contributed by atoms with van der Waals surface area (Å²) in [6, 6.07) is 1.30. The van der Waals surface area contributed by atoms with Gasteiger partial charge in [-0.3, -0.25) is 0 Å². The smallest absolute Gasteiger partial charge is 0.0547 e. The molecule has 2 fully saturated rings. The molecule has 2 rings (SSSR count). The van der Waals surface area contributed by atoms with E-state index in [9.17, 15) is 0 Å². The molecule has 3 heteroatoms. The molecular weight excluding hydrogens is 224 g/mol. The summed E-state index contributed by atoms with van der Waals surface area (Å²) >= 11 is 0. The minimum absolute atomic E-state index is 0.335. The van der Waals surface area contributed by atoms with Crippen LogP contribution < -0.4 is 5.32 Å². The van der Waals surface area contributed by atoms with Gasteiger partial charge in [0.2, 0.25) is 0 Å². The molecule has 2 unspecified atom stereocenters. The van der Waals surface area contributed by atoms with E-state index < -0.39 is 0 Å². The first-order valence-corrected chi connectivity index (χ1v) is 7.54. The molecule has 0 spiro atoms. The molecule has 2 atom stereocenters. The van der Waals surface area contributed by atoms with Crippen molar-refractivity contribution in [2.24, 2.45) is 11.3 Å². The molecule has 1 saturated heterocycles. The minimum atomic E-state index is 0.335. The summed E-state index contributed by atoms with van der Waals surface area (Å²) in [7, 11) is 2.29. The third-order valence-electron chi connectivity index (χ3n) is 4.65. The van der Waals surface area contributed by atoms with Gasteiger partial charge in [-0.25, -0.2) is 0 Å². The second-order valence-corrected chi connectivity index (χ2v) is 6.83. The monoisotopic (exact) mass is 254 g/mol. The largest absolute Gasteiger partial charge is 0.381 e. The van der Waals surface area contributed by atoms with Gasteiger partial charge in [0.15, 0.2) is 0 Å². The molecule has 0 radical (unpaired) electrons. The van der Waals surface area contributed by atoms with E-state index in [0.717, 1.165) is 31.7 Å². The van der Waals surface area contributed by atoms with Crippen LogP contribution in [0.15, 0.2) is 0 Å². The molecule has 0 aromatic heterocycles. The molecule has 1 aliphatic carbocycles. The Bertz CT molecular complexity index is 257. The summed E-state index contributed by atoms with van der Waals surface area (Å²) in [5.41, 5.74) is 0.335. The van der Waals surface area contributed by atoms with Gasteiger partial charge in [-0.05, 0) is 39.2 Å². The van der Waals surface area contributed by atoms with Crippen molar-refractivity contribution in [2.75, 3.05) is 33.4 Å². The van der Waals surface area contributed by atoms with Crippen molar-refractivity contribution in [3.8, 4) is 0 Å². The lowest BCUT2D eigenvalue weighted by Gasteiger charge is -2.36. The van der Waals surface area contributed by atoms with Gasteiger partial charge in [0.25, 0.3) is 0 Å². The van der Waals surface area contributed by atoms with Crippen molar-refractivity contribution in [1.82, 2.24) is 10.2 Å². The maximum atomic E-state index is 5.68. The number of nitrogens with zero attached hydrogens (tertiary/aromatic N) is 1. The summed E-state index contributed by atoms with van der Waals surface area (Å²) in [4.78, 5) is 2.56. The van der Waals surface area contributed by atoms with Gasteiger partial charge < -0.3 is 15.0 Å². The van der Waals surface area contributed by atoms with Crippen LogP contribution in [0.4, 0.5) is 0 Å². The molecule has 1 N–H and O–H groups in total. The van der Waals surface area contributed by atoms with Gasteiger partial charge in [0, 0.05) is 37.2 Å². The second-order valence-electron chi connectivity index (χ2n) is 6.83. The van der Waals surface area contributed by atoms with E-state index in [4.69, 9.17) is 4.74 Å². The fourth-order valence-corrected chi connectivity index (χ4v) is 3.00. The lowest BCUT2D eigenvalue weighted by Crippen LogP contribution is -2.47. The zero-order chi connectivity index (χ0) is 13.2. The Hall–Kier alpha value is -0.120. The fraction of sp³-hybridized carbons (Fsp3) is 1.00. The van der Waals surface area contributed by atoms with E-state index in [1.54, 1.807) is 0 Å². The Labute approximate surface area is 112 Å². The number of rotatable bonds is 7. The number of hydrogen-bond donors (Lipinski definition) is 1. The van der Waals surface area contributed by atoms with Gasteiger partial charge in [0.05, 0.1) is 6.61 Å². The van der Waals surface area contributed by atoms with E-state index in [1.807, 2.05) is 0 Å². The van der Waals surface area contributed by atoms with Crippen LogP contribution in [0.5, 0.6) is 0 Å². The number of ether oxygens (including phenoxy) is 1. The molecule has 106 valence electrons. The highest BCUT2D eigenvalue weighted by molar-refractivity contribution is 4.92. The van der Waals surface area contributed by atoms with Gasteiger partial charge in [-0.1, -0.05) is 13.8 Å². The highest BCUT2D eigenvalue weighted by atomic mass is 16.5. The van der Waals surface area contributed by atoms with Crippen molar-refractivity contribution in [3.05, 3.63) is 0 Å². The Morgan fingerprint density at radius 2 is 2.06 bits per heavy atom. The molecule has 0 aromatic rings. The molecule has 3 nitrogen and oxygen atoms in total. The lowest BCUT2D eigenvalue weighted by molar-refractivity contribution is 0.0976. The average molecular weight is 254 g/mol. The quantitative estimate of drug-likeness (QED) is 0.753. The normalized spacial score (nSPS) is 30.3. The molecule has 18 heavy (non-hydrogen) atoms. The minimum Gasteiger partial charge on any atom is -0.381 e. The van der Waals surface area contributed by atoms with Crippen LogP contribution in [0.3, 0.4) is 0 Å². The van der Waals surface area contributed by atoms with E-state index >= 15 is 0 Å². The fourth-order valence-electron chi connectivity index (χ4n) is 3.00. The highest BCUT2D eigenvalue weighted by Crippen LogP contribution is 2.37. The second kappa shape index (κ2) is 5.89. The summed E-state index contributed by atoms with van der Waals surface area (Å²) in [5, 5.41) is 3.61. The lowest BCUT2D eigenvalue weighted by atomic mass is 9.85. The first-order chi connectivity index (χ1) is 8.52. The molecule has 0 amide bonds. The maximum Gasteiger partial charge on any atom is 0.0547 e. The number of hydrogen-bond acceptors (Lipinski definition) is 3. The number of nitrogens with one attached hydrogen (secondary N) is 1. The zero-order valence-electron chi connectivity index (χ0n) is 12.5. The van der Waals surface area contributed by atoms with E-state index in [0.29, 0.717) is 11.5 Å². The van der Waals surface area contributed by atoms with Crippen molar-refractivity contribution < 1.29 is 4.74 Å². The van der Waals surface area contributed by atoms with Crippen LogP contribution in [0.1, 0.15) is 40.0 Å². The molecule has 0 aromatic carbocycles. The molecule has 1 aliphatic heterocycles. The van der Waals surface area contributed by atoms with Gasteiger partial charge >= 0.3 is 0 Å². The Morgan fingerprint density at radius 3 is 2.56 bits per heavy atom. The van der Waals surface area contributed by atoms with Crippen LogP contribution in [0, 0.1) is 11.3 Å². The van der Waals surface area contributed by atoms with E-state index in [2.05, 4.69) is 38.0 Å². The highest BCUT2D eigenvalue weighted by Gasteiger charge is 2.39. The standard InChI is InChI=1S/C15H30N2O/c1-12(2)16-9-15(7-8-18-11-15)10-17(4)13(3)14-5-6-14/h12-14,16H,5-11H2,1-4H3. The third-order valence-corrected chi connectivity index (χ3v) is 4.65. The average Bonchev–Trinajstić information content (AvgIpc) is 3.07. The summed E-state index contributed by atoms with van der Waals surface area (Å²) < 4.78 is 5.68. The molecule has 1 heterocycles. The molecule has 0 bridgehead atoms. The predicted octanol–water partition coefficient (Wildman–Crippen LogP) is 2.12. The van der Waals surface area contributed by atoms with Crippen molar-refractivity contribution in [3.63, 3.8) is 0 Å². The topological polar surface area (TPSA) is 24.5 Å². The SMILES string of the molecule is CC(C)NCC1(CN(C)C(C)C2CC2)CCOC1. The molecular formula is C15H30N2O. The zero-order valence-corrected chi connectivity index (χ0v) is 12.5. The molecule has 2 aliphatic rings. The summed E-state index contributed by atoms with van der Waals surface area (Å²) in [6.07, 6.45) is 4.06. The Morgan fingerprint density at radius 1 is 1.33 bits per heavy atom. The third kappa shape index (κ3) is 3.69. The van der Waals surface area contributed by atoms with Gasteiger partial charge in [0.1, 0.15) is 0 Å². The van der Waals surface area contributed by atoms with Crippen LogP contribution >= 0.6 is 0 Å². The van der Waals surface area contributed by atoms with Crippen LogP contribution in [0.25, 0.3) is 0 Å². The molecule has 1 saturated carbocycles. The predicted molar refractivity (Wildman–Crippen MR) is 75.8 cm³/mol. The first kappa shape index (κ1) is 14.3. The van der Waals surface area contributed by atoms with Gasteiger partial charge in [-0.2, -0.15) is 0 Å². The summed E-state index contributed by atoms with van der Waals surface area (Å²) in [5.74, 6) is 0.951. The van der Waals surface area contributed by atoms with Crippen molar-refractivity contribution in [2.45, 2.75) is 52.1 Å². The van der Waals surface area contributed by atoms with Gasteiger partial charge in [-0.15, -0.1) is 0 Å². The van der Waals surface area contributed by atoms with Crippen molar-refractivity contribution >= 4 is 0 Å². The van der Waals surface area contributed by atoms with E-state index in [-0.39, 0.29) is 0 Å².